The molecule has 0 spiro atoms. The predicted octanol–water partition coefficient (Wildman–Crippen LogP) is 1.46. The number of nitrogens with one attached hydrogen (secondary N) is 1. The smallest absolute Gasteiger partial charge is 0.312 e. The molecule has 2 N–H and O–H groups in total. The van der Waals surface area contributed by atoms with Gasteiger partial charge in [-0.2, -0.15) is 0 Å². The Balaban J connectivity index is 2.86. The second-order valence-electron chi connectivity index (χ2n) is 3.51. The van der Waals surface area contributed by atoms with Crippen molar-refractivity contribution in [2.24, 2.45) is 0 Å². The summed E-state index contributed by atoms with van der Waals surface area (Å²) in [7, 11) is 1.64. The summed E-state index contributed by atoms with van der Waals surface area (Å²) < 4.78 is 18.3. The van der Waals surface area contributed by atoms with Crippen LogP contribution in [0.25, 0.3) is 0 Å². The van der Waals surface area contributed by atoms with Crippen molar-refractivity contribution in [3.8, 4) is 5.75 Å². The lowest BCUT2D eigenvalue weighted by Gasteiger charge is -2.12. The highest BCUT2D eigenvalue weighted by atomic mass is 79.9. The SMILES string of the molecule is CNCC(O)COc1cc(F)c(Br)cc1[N+](=O)[O-]. The summed E-state index contributed by atoms with van der Waals surface area (Å²) in [5.74, 6) is -0.880. The lowest BCUT2D eigenvalue weighted by Crippen LogP contribution is -2.29. The number of benzene rings is 1. The van der Waals surface area contributed by atoms with Crippen molar-refractivity contribution >= 4 is 21.6 Å². The van der Waals surface area contributed by atoms with Crippen molar-refractivity contribution in [1.29, 1.82) is 0 Å². The Labute approximate surface area is 111 Å². The third-order valence-electron chi connectivity index (χ3n) is 2.07. The average molecular weight is 323 g/mol. The highest BCUT2D eigenvalue weighted by molar-refractivity contribution is 9.10. The van der Waals surface area contributed by atoms with Gasteiger partial charge in [0.1, 0.15) is 18.5 Å². The molecule has 0 amide bonds. The number of hydrogen-bond donors (Lipinski definition) is 2. The van der Waals surface area contributed by atoms with Gasteiger partial charge in [-0.3, -0.25) is 10.1 Å². The maximum Gasteiger partial charge on any atom is 0.312 e. The third kappa shape index (κ3) is 3.90. The quantitative estimate of drug-likeness (QED) is 0.611. The molecule has 1 aromatic carbocycles. The summed E-state index contributed by atoms with van der Waals surface area (Å²) in [5, 5.41) is 22.9. The van der Waals surface area contributed by atoms with Gasteiger partial charge in [-0.15, -0.1) is 0 Å². The van der Waals surface area contributed by atoms with Gasteiger partial charge in [-0.05, 0) is 23.0 Å². The summed E-state index contributed by atoms with van der Waals surface area (Å²) in [5.41, 5.74) is -0.361. The molecule has 0 fully saturated rings. The van der Waals surface area contributed by atoms with E-state index in [4.69, 9.17) is 4.74 Å². The minimum absolute atomic E-state index is 0.0164. The molecule has 0 saturated heterocycles. The standard InChI is InChI=1S/C10H12BrFN2O4/c1-13-4-6(15)5-18-10-3-8(12)7(11)2-9(10)14(16)17/h2-3,6,13,15H,4-5H2,1H3. The fourth-order valence-electron chi connectivity index (χ4n) is 1.26. The van der Waals surface area contributed by atoms with Crippen molar-refractivity contribution in [2.45, 2.75) is 6.10 Å². The van der Waals surface area contributed by atoms with Gasteiger partial charge in [-0.25, -0.2) is 4.39 Å². The molecule has 0 aliphatic carbocycles. The number of likely N-dealkylation sites (N-methyl/N-ethyl adjacent to an activating group) is 1. The Morgan fingerprint density at radius 3 is 2.89 bits per heavy atom. The van der Waals surface area contributed by atoms with Crippen LogP contribution in [0.2, 0.25) is 0 Å². The average Bonchev–Trinajstić information content (AvgIpc) is 2.30. The van der Waals surface area contributed by atoms with Gasteiger partial charge in [0.05, 0.1) is 9.40 Å². The predicted molar refractivity (Wildman–Crippen MR) is 66.2 cm³/mol. The molecule has 0 aromatic heterocycles. The molecule has 0 radical (unpaired) electrons. The monoisotopic (exact) mass is 322 g/mol. The summed E-state index contributed by atoms with van der Waals surface area (Å²) >= 11 is 2.86. The number of nitro benzene ring substituents is 1. The lowest BCUT2D eigenvalue weighted by molar-refractivity contribution is -0.386. The van der Waals surface area contributed by atoms with Crippen LogP contribution in [0.3, 0.4) is 0 Å². The zero-order valence-electron chi connectivity index (χ0n) is 9.52. The van der Waals surface area contributed by atoms with Gasteiger partial charge in [0, 0.05) is 18.7 Å². The number of aliphatic hydroxyl groups excluding tert-OH is 1. The molecular weight excluding hydrogens is 311 g/mol. The molecular formula is C10H12BrFN2O4. The van der Waals surface area contributed by atoms with Crippen LogP contribution in [0.1, 0.15) is 0 Å². The number of rotatable bonds is 6. The Morgan fingerprint density at radius 2 is 2.33 bits per heavy atom. The number of aliphatic hydroxyl groups is 1. The van der Waals surface area contributed by atoms with E-state index >= 15 is 0 Å². The third-order valence-corrected chi connectivity index (χ3v) is 2.68. The number of nitro groups is 1. The van der Waals surface area contributed by atoms with E-state index in [0.717, 1.165) is 12.1 Å². The summed E-state index contributed by atoms with van der Waals surface area (Å²) in [6.45, 7) is 0.107. The van der Waals surface area contributed by atoms with Gasteiger partial charge in [0.25, 0.3) is 0 Å². The molecule has 0 saturated carbocycles. The van der Waals surface area contributed by atoms with Crippen LogP contribution in [0.5, 0.6) is 5.75 Å². The van der Waals surface area contributed by atoms with E-state index in [9.17, 15) is 19.6 Å². The van der Waals surface area contributed by atoms with Gasteiger partial charge in [-0.1, -0.05) is 0 Å². The van der Waals surface area contributed by atoms with Crippen LogP contribution in [-0.2, 0) is 0 Å². The van der Waals surface area contributed by atoms with Crippen LogP contribution >= 0.6 is 15.9 Å². The lowest BCUT2D eigenvalue weighted by atomic mass is 10.3. The van der Waals surface area contributed by atoms with E-state index in [0.29, 0.717) is 0 Å². The number of ether oxygens (including phenoxy) is 1. The highest BCUT2D eigenvalue weighted by Gasteiger charge is 2.19. The summed E-state index contributed by atoms with van der Waals surface area (Å²) in [4.78, 5) is 10.1. The van der Waals surface area contributed by atoms with Crippen LogP contribution in [0, 0.1) is 15.9 Å². The van der Waals surface area contributed by atoms with E-state index in [2.05, 4.69) is 21.2 Å². The molecule has 0 aliphatic rings. The first-order valence-electron chi connectivity index (χ1n) is 5.04. The van der Waals surface area contributed by atoms with Crippen LogP contribution < -0.4 is 10.1 Å². The Kier molecular flexibility index (Phi) is 5.45. The van der Waals surface area contributed by atoms with Gasteiger partial charge < -0.3 is 15.2 Å². The van der Waals surface area contributed by atoms with E-state index < -0.39 is 16.8 Å². The van der Waals surface area contributed by atoms with Crippen molar-refractivity contribution in [2.75, 3.05) is 20.2 Å². The van der Waals surface area contributed by atoms with Gasteiger partial charge in [0.15, 0.2) is 5.75 Å². The van der Waals surface area contributed by atoms with Gasteiger partial charge in [0.2, 0.25) is 0 Å². The first-order chi connectivity index (χ1) is 8.45. The van der Waals surface area contributed by atoms with Crippen LogP contribution in [0.4, 0.5) is 10.1 Å². The molecule has 1 atom stereocenters. The fourth-order valence-corrected chi connectivity index (χ4v) is 1.59. The zero-order chi connectivity index (χ0) is 13.7. The van der Waals surface area contributed by atoms with E-state index in [-0.39, 0.29) is 29.1 Å². The number of halogens is 2. The summed E-state index contributed by atoms with van der Waals surface area (Å²) in [6.07, 6.45) is -0.832. The fraction of sp³-hybridized carbons (Fsp3) is 0.400. The molecule has 1 aromatic rings. The van der Waals surface area contributed by atoms with Crippen LogP contribution in [0.15, 0.2) is 16.6 Å². The molecule has 0 heterocycles. The Morgan fingerprint density at radius 1 is 1.67 bits per heavy atom. The molecule has 1 unspecified atom stereocenters. The van der Waals surface area contributed by atoms with Crippen molar-refractivity contribution in [1.82, 2.24) is 5.32 Å². The maximum absolute atomic E-state index is 13.3. The van der Waals surface area contributed by atoms with Crippen molar-refractivity contribution < 1.29 is 19.2 Å². The molecule has 0 bridgehead atoms. The van der Waals surface area contributed by atoms with Crippen molar-refractivity contribution in [3.63, 3.8) is 0 Å². The first-order valence-corrected chi connectivity index (χ1v) is 5.84. The molecule has 18 heavy (non-hydrogen) atoms. The molecule has 6 nitrogen and oxygen atoms in total. The molecule has 8 heteroatoms. The minimum Gasteiger partial charge on any atom is -0.484 e. The highest BCUT2D eigenvalue weighted by Crippen LogP contribution is 2.32. The first kappa shape index (κ1) is 14.8. The summed E-state index contributed by atoms with van der Waals surface area (Å²) in [6, 6.07) is 1.93. The maximum atomic E-state index is 13.3. The number of nitrogens with zero attached hydrogens (tertiary/aromatic N) is 1. The van der Waals surface area contributed by atoms with Gasteiger partial charge >= 0.3 is 5.69 Å². The molecule has 0 aliphatic heterocycles. The van der Waals surface area contributed by atoms with Crippen molar-refractivity contribution in [3.05, 3.63) is 32.5 Å². The second kappa shape index (κ2) is 6.62. The molecule has 100 valence electrons. The number of hydrogen-bond acceptors (Lipinski definition) is 5. The van der Waals surface area contributed by atoms with E-state index in [1.54, 1.807) is 7.05 Å². The second-order valence-corrected chi connectivity index (χ2v) is 4.37. The molecule has 1 rings (SSSR count). The van der Waals surface area contributed by atoms with Crippen LogP contribution in [-0.4, -0.2) is 36.3 Å². The van der Waals surface area contributed by atoms with E-state index in [1.807, 2.05) is 0 Å². The Hall–Kier alpha value is -1.25. The van der Waals surface area contributed by atoms with E-state index in [1.165, 1.54) is 0 Å². The zero-order valence-corrected chi connectivity index (χ0v) is 11.1. The minimum atomic E-state index is -0.832. The Bertz CT molecular complexity index is 444. The normalized spacial score (nSPS) is 12.2. The topological polar surface area (TPSA) is 84.6 Å². The largest absolute Gasteiger partial charge is 0.484 e.